The fourth-order valence-corrected chi connectivity index (χ4v) is 2.00. The minimum atomic E-state index is 0.234. The van der Waals surface area contributed by atoms with Crippen molar-refractivity contribution in [3.8, 4) is 0 Å². The SMILES string of the molecule is CC(CO)CNCc1cc(Cl)cs1. The van der Waals surface area contributed by atoms with Crippen LogP contribution in [0.5, 0.6) is 0 Å². The molecule has 0 radical (unpaired) electrons. The van der Waals surface area contributed by atoms with Crippen molar-refractivity contribution in [3.63, 3.8) is 0 Å². The van der Waals surface area contributed by atoms with Crippen molar-refractivity contribution in [2.24, 2.45) is 5.92 Å². The second-order valence-corrected chi connectivity index (χ2v) is 4.58. The molecule has 1 aromatic heterocycles. The molecule has 1 heterocycles. The van der Waals surface area contributed by atoms with Gasteiger partial charge in [0.1, 0.15) is 0 Å². The van der Waals surface area contributed by atoms with E-state index in [1.807, 2.05) is 18.4 Å². The molecule has 2 N–H and O–H groups in total. The molecule has 1 atom stereocenters. The van der Waals surface area contributed by atoms with Gasteiger partial charge in [-0.3, -0.25) is 0 Å². The zero-order valence-electron chi connectivity index (χ0n) is 7.59. The summed E-state index contributed by atoms with van der Waals surface area (Å²) < 4.78 is 0. The van der Waals surface area contributed by atoms with E-state index < -0.39 is 0 Å². The van der Waals surface area contributed by atoms with Gasteiger partial charge >= 0.3 is 0 Å². The van der Waals surface area contributed by atoms with Crippen molar-refractivity contribution >= 4 is 22.9 Å². The lowest BCUT2D eigenvalue weighted by atomic mass is 10.2. The van der Waals surface area contributed by atoms with Crippen molar-refractivity contribution in [1.82, 2.24) is 5.32 Å². The molecule has 4 heteroatoms. The monoisotopic (exact) mass is 219 g/mol. The van der Waals surface area contributed by atoms with Crippen LogP contribution in [0, 0.1) is 5.92 Å². The highest BCUT2D eigenvalue weighted by molar-refractivity contribution is 7.10. The van der Waals surface area contributed by atoms with Gasteiger partial charge < -0.3 is 10.4 Å². The highest BCUT2D eigenvalue weighted by atomic mass is 35.5. The number of aliphatic hydroxyl groups is 1. The molecule has 0 aliphatic carbocycles. The van der Waals surface area contributed by atoms with Crippen molar-refractivity contribution in [1.29, 1.82) is 0 Å². The maximum absolute atomic E-state index is 8.78. The fourth-order valence-electron chi connectivity index (χ4n) is 0.953. The van der Waals surface area contributed by atoms with Gasteiger partial charge in [0.2, 0.25) is 0 Å². The number of hydrogen-bond donors (Lipinski definition) is 2. The van der Waals surface area contributed by atoms with Crippen molar-refractivity contribution in [3.05, 3.63) is 21.3 Å². The first kappa shape index (κ1) is 11.0. The Balaban J connectivity index is 2.20. The van der Waals surface area contributed by atoms with Crippen LogP contribution in [-0.2, 0) is 6.54 Å². The van der Waals surface area contributed by atoms with E-state index in [9.17, 15) is 0 Å². The Hall–Kier alpha value is -0.0900. The zero-order valence-corrected chi connectivity index (χ0v) is 9.16. The number of aliphatic hydroxyl groups excluding tert-OH is 1. The lowest BCUT2D eigenvalue weighted by Crippen LogP contribution is -2.22. The molecule has 74 valence electrons. The van der Waals surface area contributed by atoms with Gasteiger partial charge in [-0.1, -0.05) is 18.5 Å². The second-order valence-electron chi connectivity index (χ2n) is 3.15. The van der Waals surface area contributed by atoms with E-state index in [0.29, 0.717) is 5.92 Å². The Morgan fingerprint density at radius 1 is 1.69 bits per heavy atom. The van der Waals surface area contributed by atoms with Crippen LogP contribution in [0.2, 0.25) is 5.02 Å². The van der Waals surface area contributed by atoms with E-state index in [4.69, 9.17) is 16.7 Å². The average molecular weight is 220 g/mol. The summed E-state index contributed by atoms with van der Waals surface area (Å²) >= 11 is 7.42. The smallest absolute Gasteiger partial charge is 0.0516 e. The molecule has 0 bridgehead atoms. The van der Waals surface area contributed by atoms with Gasteiger partial charge in [0.25, 0.3) is 0 Å². The molecule has 2 nitrogen and oxygen atoms in total. The van der Waals surface area contributed by atoms with Crippen LogP contribution in [-0.4, -0.2) is 18.3 Å². The number of thiophene rings is 1. The van der Waals surface area contributed by atoms with Crippen LogP contribution in [0.15, 0.2) is 11.4 Å². The number of halogens is 1. The fraction of sp³-hybridized carbons (Fsp3) is 0.556. The minimum absolute atomic E-state index is 0.234. The van der Waals surface area contributed by atoms with E-state index in [-0.39, 0.29) is 6.61 Å². The van der Waals surface area contributed by atoms with E-state index in [2.05, 4.69) is 5.32 Å². The summed E-state index contributed by atoms with van der Waals surface area (Å²) in [5.74, 6) is 0.315. The first-order valence-corrected chi connectivity index (χ1v) is 5.52. The molecule has 0 saturated carbocycles. The Morgan fingerprint density at radius 3 is 3.00 bits per heavy atom. The quantitative estimate of drug-likeness (QED) is 0.795. The van der Waals surface area contributed by atoms with Gasteiger partial charge in [-0.2, -0.15) is 0 Å². The van der Waals surface area contributed by atoms with Gasteiger partial charge in [-0.05, 0) is 12.0 Å². The van der Waals surface area contributed by atoms with Crippen molar-refractivity contribution in [2.75, 3.05) is 13.2 Å². The molecule has 0 spiro atoms. The predicted molar refractivity (Wildman–Crippen MR) is 57.3 cm³/mol. The zero-order chi connectivity index (χ0) is 9.68. The van der Waals surface area contributed by atoms with Crippen LogP contribution >= 0.6 is 22.9 Å². The number of nitrogens with one attached hydrogen (secondary N) is 1. The normalized spacial score (nSPS) is 13.2. The Bertz CT molecular complexity index is 252. The summed E-state index contributed by atoms with van der Waals surface area (Å²) in [6.07, 6.45) is 0. The number of hydrogen-bond acceptors (Lipinski definition) is 3. The molecule has 1 unspecified atom stereocenters. The lowest BCUT2D eigenvalue weighted by molar-refractivity contribution is 0.233. The van der Waals surface area contributed by atoms with Crippen LogP contribution in [0.1, 0.15) is 11.8 Å². The molecule has 13 heavy (non-hydrogen) atoms. The van der Waals surface area contributed by atoms with Gasteiger partial charge in [-0.15, -0.1) is 11.3 Å². The van der Waals surface area contributed by atoms with Gasteiger partial charge in [0, 0.05) is 30.0 Å². The van der Waals surface area contributed by atoms with E-state index in [1.165, 1.54) is 4.88 Å². The molecule has 0 amide bonds. The molecule has 0 saturated heterocycles. The summed E-state index contributed by atoms with van der Waals surface area (Å²) in [6.45, 7) is 3.92. The molecule has 0 aliphatic heterocycles. The van der Waals surface area contributed by atoms with Crippen LogP contribution in [0.3, 0.4) is 0 Å². The molecule has 0 aromatic carbocycles. The average Bonchev–Trinajstić information content (AvgIpc) is 2.51. The molecule has 0 fully saturated rings. The molecule has 1 aromatic rings. The van der Waals surface area contributed by atoms with Gasteiger partial charge in [0.05, 0.1) is 5.02 Å². The van der Waals surface area contributed by atoms with Gasteiger partial charge in [-0.25, -0.2) is 0 Å². The minimum Gasteiger partial charge on any atom is -0.396 e. The third-order valence-corrected chi connectivity index (χ3v) is 3.01. The summed E-state index contributed by atoms with van der Waals surface area (Å²) in [5, 5.41) is 14.8. The first-order chi connectivity index (χ1) is 6.22. The summed E-state index contributed by atoms with van der Waals surface area (Å²) in [5.41, 5.74) is 0. The largest absolute Gasteiger partial charge is 0.396 e. The number of rotatable bonds is 5. The summed E-state index contributed by atoms with van der Waals surface area (Å²) in [6, 6.07) is 1.96. The second kappa shape index (κ2) is 5.60. The first-order valence-electron chi connectivity index (χ1n) is 4.27. The molecular weight excluding hydrogens is 206 g/mol. The van der Waals surface area contributed by atoms with E-state index in [1.54, 1.807) is 11.3 Å². The van der Waals surface area contributed by atoms with E-state index in [0.717, 1.165) is 18.1 Å². The highest BCUT2D eigenvalue weighted by Gasteiger charge is 2.00. The maximum atomic E-state index is 8.78. The van der Waals surface area contributed by atoms with Crippen LogP contribution in [0.25, 0.3) is 0 Å². The molecular formula is C9H14ClNOS. The van der Waals surface area contributed by atoms with Crippen molar-refractivity contribution in [2.45, 2.75) is 13.5 Å². The third kappa shape index (κ3) is 4.09. The standard InChI is InChI=1S/C9H14ClNOS/c1-7(5-12)3-11-4-9-2-8(10)6-13-9/h2,6-7,11-12H,3-5H2,1H3. The molecule has 1 rings (SSSR count). The summed E-state index contributed by atoms with van der Waals surface area (Å²) in [7, 11) is 0. The summed E-state index contributed by atoms with van der Waals surface area (Å²) in [4.78, 5) is 1.23. The Morgan fingerprint density at radius 2 is 2.46 bits per heavy atom. The van der Waals surface area contributed by atoms with E-state index >= 15 is 0 Å². The highest BCUT2D eigenvalue weighted by Crippen LogP contribution is 2.18. The third-order valence-electron chi connectivity index (χ3n) is 1.73. The van der Waals surface area contributed by atoms with Gasteiger partial charge in [0.15, 0.2) is 0 Å². The Kier molecular flexibility index (Phi) is 4.73. The molecule has 0 aliphatic rings. The van der Waals surface area contributed by atoms with Crippen LogP contribution in [0.4, 0.5) is 0 Å². The Labute approximate surface area is 87.5 Å². The maximum Gasteiger partial charge on any atom is 0.0516 e. The lowest BCUT2D eigenvalue weighted by Gasteiger charge is -2.07. The van der Waals surface area contributed by atoms with Crippen LogP contribution < -0.4 is 5.32 Å². The van der Waals surface area contributed by atoms with Crippen molar-refractivity contribution < 1.29 is 5.11 Å². The predicted octanol–water partition coefficient (Wildman–Crippen LogP) is 2.12. The topological polar surface area (TPSA) is 32.3 Å².